The largest absolute Gasteiger partial charge is 0.340 e. The maximum atomic E-state index is 12.0. The molecule has 1 spiro atoms. The van der Waals surface area contributed by atoms with Crippen molar-refractivity contribution in [3.63, 3.8) is 0 Å². The first kappa shape index (κ1) is 12.9. The van der Waals surface area contributed by atoms with Crippen LogP contribution in [0.5, 0.6) is 0 Å². The van der Waals surface area contributed by atoms with Crippen molar-refractivity contribution in [3.8, 4) is 0 Å². The molecule has 2 fully saturated rings. The van der Waals surface area contributed by atoms with E-state index in [-0.39, 0.29) is 11.8 Å². The molecule has 4 amide bonds. The fraction of sp³-hybridized carbons (Fsp3) is 0.750. The number of nitrogens with zero attached hydrogens (tertiary/aromatic N) is 1. The summed E-state index contributed by atoms with van der Waals surface area (Å²) in [4.78, 5) is 36.5. The molecule has 0 bridgehead atoms. The topological polar surface area (TPSA) is 78.5 Å². The Labute approximate surface area is 106 Å². The van der Waals surface area contributed by atoms with Crippen LogP contribution >= 0.6 is 0 Å². The molecule has 18 heavy (non-hydrogen) atoms. The summed E-state index contributed by atoms with van der Waals surface area (Å²) in [6.07, 6.45) is 1.85. The minimum absolute atomic E-state index is 0.0644. The van der Waals surface area contributed by atoms with Crippen molar-refractivity contribution in [2.45, 2.75) is 38.6 Å². The quantitative estimate of drug-likeness (QED) is 0.707. The van der Waals surface area contributed by atoms with E-state index in [2.05, 4.69) is 24.5 Å². The van der Waals surface area contributed by atoms with Crippen molar-refractivity contribution in [3.05, 3.63) is 0 Å². The average molecular weight is 253 g/mol. The predicted octanol–water partition coefficient (Wildman–Crippen LogP) is 0.233. The molecule has 2 aliphatic rings. The second kappa shape index (κ2) is 4.59. The van der Waals surface area contributed by atoms with E-state index in [0.29, 0.717) is 31.8 Å². The van der Waals surface area contributed by atoms with E-state index in [4.69, 9.17) is 0 Å². The van der Waals surface area contributed by atoms with E-state index >= 15 is 0 Å². The van der Waals surface area contributed by atoms with Gasteiger partial charge in [0.15, 0.2) is 0 Å². The van der Waals surface area contributed by atoms with Gasteiger partial charge in [-0.25, -0.2) is 4.79 Å². The van der Waals surface area contributed by atoms with E-state index in [1.165, 1.54) is 0 Å². The molecule has 6 heteroatoms. The SMILES string of the molecule is CC(C)CCC(=O)N1CCC2(C1)NC(=O)NC2=O. The smallest absolute Gasteiger partial charge is 0.322 e. The number of hydrogen-bond donors (Lipinski definition) is 2. The van der Waals surface area contributed by atoms with Gasteiger partial charge < -0.3 is 10.2 Å². The third-order valence-electron chi connectivity index (χ3n) is 3.57. The Morgan fingerprint density at radius 1 is 1.44 bits per heavy atom. The Bertz CT molecular complexity index is 394. The third kappa shape index (κ3) is 2.32. The maximum Gasteiger partial charge on any atom is 0.322 e. The summed E-state index contributed by atoms with van der Waals surface area (Å²) in [5, 5.41) is 4.87. The van der Waals surface area contributed by atoms with E-state index in [0.717, 1.165) is 6.42 Å². The van der Waals surface area contributed by atoms with Crippen molar-refractivity contribution in [2.75, 3.05) is 13.1 Å². The Morgan fingerprint density at radius 3 is 2.72 bits per heavy atom. The summed E-state index contributed by atoms with van der Waals surface area (Å²) in [5.41, 5.74) is -0.884. The summed E-state index contributed by atoms with van der Waals surface area (Å²) in [6.45, 7) is 4.97. The molecule has 6 nitrogen and oxygen atoms in total. The summed E-state index contributed by atoms with van der Waals surface area (Å²) >= 11 is 0. The molecule has 0 aliphatic carbocycles. The van der Waals surface area contributed by atoms with Crippen LogP contribution in [0.25, 0.3) is 0 Å². The molecule has 0 aromatic carbocycles. The second-order valence-corrected chi connectivity index (χ2v) is 5.49. The number of likely N-dealkylation sites (tertiary alicyclic amines) is 1. The molecule has 1 unspecified atom stereocenters. The van der Waals surface area contributed by atoms with Gasteiger partial charge in [0.25, 0.3) is 5.91 Å². The predicted molar refractivity (Wildman–Crippen MR) is 64.7 cm³/mol. The first-order valence-electron chi connectivity index (χ1n) is 6.34. The molecule has 2 aliphatic heterocycles. The van der Waals surface area contributed by atoms with Gasteiger partial charge in [-0.2, -0.15) is 0 Å². The van der Waals surface area contributed by atoms with Crippen LogP contribution in [-0.2, 0) is 9.59 Å². The fourth-order valence-electron chi connectivity index (χ4n) is 2.41. The average Bonchev–Trinajstić information content (AvgIpc) is 2.81. The molecule has 2 rings (SSSR count). The van der Waals surface area contributed by atoms with Gasteiger partial charge in [-0.1, -0.05) is 13.8 Å². The minimum atomic E-state index is -0.884. The molecule has 1 atom stereocenters. The monoisotopic (exact) mass is 253 g/mol. The Balaban J connectivity index is 1.94. The summed E-state index contributed by atoms with van der Waals surface area (Å²) in [7, 11) is 0. The second-order valence-electron chi connectivity index (χ2n) is 5.49. The fourth-order valence-corrected chi connectivity index (χ4v) is 2.41. The number of carbonyl (C=O) groups is 3. The lowest BCUT2D eigenvalue weighted by Gasteiger charge is -2.21. The van der Waals surface area contributed by atoms with Crippen LogP contribution in [0, 0.1) is 5.92 Å². The molecular formula is C12H19N3O3. The van der Waals surface area contributed by atoms with Gasteiger partial charge in [0.1, 0.15) is 5.54 Å². The molecule has 2 heterocycles. The Kier molecular flexibility index (Phi) is 3.28. The lowest BCUT2D eigenvalue weighted by Crippen LogP contribution is -2.49. The summed E-state index contributed by atoms with van der Waals surface area (Å²) in [6, 6.07) is -0.462. The highest BCUT2D eigenvalue weighted by molar-refractivity contribution is 6.07. The van der Waals surface area contributed by atoms with Crippen LogP contribution in [0.1, 0.15) is 33.1 Å². The normalized spacial score (nSPS) is 26.9. The van der Waals surface area contributed by atoms with Crippen molar-refractivity contribution >= 4 is 17.8 Å². The van der Waals surface area contributed by atoms with E-state index in [1.807, 2.05) is 0 Å². The lowest BCUT2D eigenvalue weighted by molar-refractivity contribution is -0.131. The molecule has 0 radical (unpaired) electrons. The van der Waals surface area contributed by atoms with Crippen LogP contribution in [0.2, 0.25) is 0 Å². The molecule has 2 N–H and O–H groups in total. The van der Waals surface area contributed by atoms with Gasteiger partial charge in [0.05, 0.1) is 6.54 Å². The van der Waals surface area contributed by atoms with Crippen molar-refractivity contribution in [1.82, 2.24) is 15.5 Å². The van der Waals surface area contributed by atoms with Gasteiger partial charge in [-0.05, 0) is 18.8 Å². The number of rotatable bonds is 3. The van der Waals surface area contributed by atoms with Crippen LogP contribution < -0.4 is 10.6 Å². The van der Waals surface area contributed by atoms with Crippen LogP contribution in [0.4, 0.5) is 4.79 Å². The van der Waals surface area contributed by atoms with Gasteiger partial charge >= 0.3 is 6.03 Å². The zero-order valence-corrected chi connectivity index (χ0v) is 10.8. The number of urea groups is 1. The summed E-state index contributed by atoms with van der Waals surface area (Å²) in [5.74, 6) is 0.237. The van der Waals surface area contributed by atoms with Gasteiger partial charge in [0.2, 0.25) is 5.91 Å². The van der Waals surface area contributed by atoms with Crippen LogP contribution in [0.15, 0.2) is 0 Å². The van der Waals surface area contributed by atoms with E-state index in [1.54, 1.807) is 4.90 Å². The number of amides is 4. The first-order chi connectivity index (χ1) is 8.43. The highest BCUT2D eigenvalue weighted by atomic mass is 16.2. The van der Waals surface area contributed by atoms with Crippen LogP contribution in [-0.4, -0.2) is 41.4 Å². The first-order valence-corrected chi connectivity index (χ1v) is 6.34. The lowest BCUT2D eigenvalue weighted by atomic mass is 9.99. The summed E-state index contributed by atoms with van der Waals surface area (Å²) < 4.78 is 0. The van der Waals surface area contributed by atoms with Gasteiger partial charge in [-0.3, -0.25) is 14.9 Å². The van der Waals surface area contributed by atoms with Crippen molar-refractivity contribution < 1.29 is 14.4 Å². The highest BCUT2D eigenvalue weighted by Gasteiger charge is 2.51. The van der Waals surface area contributed by atoms with Gasteiger partial charge in [-0.15, -0.1) is 0 Å². The van der Waals surface area contributed by atoms with Crippen molar-refractivity contribution in [2.24, 2.45) is 5.92 Å². The molecule has 0 saturated carbocycles. The highest BCUT2D eigenvalue weighted by Crippen LogP contribution is 2.25. The number of hydrogen-bond acceptors (Lipinski definition) is 3. The number of carbonyl (C=O) groups excluding carboxylic acids is 3. The third-order valence-corrected chi connectivity index (χ3v) is 3.57. The van der Waals surface area contributed by atoms with Gasteiger partial charge in [0, 0.05) is 13.0 Å². The molecule has 100 valence electrons. The van der Waals surface area contributed by atoms with Crippen LogP contribution in [0.3, 0.4) is 0 Å². The molecule has 2 saturated heterocycles. The Morgan fingerprint density at radius 2 is 2.17 bits per heavy atom. The molecular weight excluding hydrogens is 234 g/mol. The number of imide groups is 1. The Hall–Kier alpha value is -1.59. The number of nitrogens with one attached hydrogen (secondary N) is 2. The van der Waals surface area contributed by atoms with E-state index in [9.17, 15) is 14.4 Å². The zero-order chi connectivity index (χ0) is 13.3. The van der Waals surface area contributed by atoms with Crippen molar-refractivity contribution in [1.29, 1.82) is 0 Å². The maximum absolute atomic E-state index is 12.0. The van der Waals surface area contributed by atoms with E-state index < -0.39 is 11.6 Å². The zero-order valence-electron chi connectivity index (χ0n) is 10.8. The molecule has 0 aromatic heterocycles. The standard InChI is InChI=1S/C12H19N3O3/c1-8(2)3-4-9(16)15-6-5-12(7-15)10(17)13-11(18)14-12/h8H,3-7H2,1-2H3,(H2,13,14,17,18). The molecule has 0 aromatic rings. The minimum Gasteiger partial charge on any atom is -0.340 e.